The van der Waals surface area contributed by atoms with Crippen molar-refractivity contribution >= 4 is 5.91 Å². The summed E-state index contributed by atoms with van der Waals surface area (Å²) < 4.78 is 0. The van der Waals surface area contributed by atoms with Crippen LogP contribution in [0.1, 0.15) is 51.9 Å². The number of nitrogens with one attached hydrogen (secondary N) is 1. The van der Waals surface area contributed by atoms with Crippen LogP contribution in [-0.4, -0.2) is 24.2 Å². The first-order valence-electron chi connectivity index (χ1n) is 6.56. The Hall–Kier alpha value is -0.570. The predicted octanol–water partition coefficient (Wildman–Crippen LogP) is 1.85. The van der Waals surface area contributed by atoms with Gasteiger partial charge in [0.05, 0.1) is 12.0 Å². The number of carbonyl (C=O) groups excluding carboxylic acids is 1. The molecule has 92 valence electrons. The summed E-state index contributed by atoms with van der Waals surface area (Å²) in [4.78, 5) is 12.0. The van der Waals surface area contributed by atoms with Crippen molar-refractivity contribution in [2.45, 2.75) is 51.9 Å². The zero-order chi connectivity index (χ0) is 11.6. The van der Waals surface area contributed by atoms with Crippen molar-refractivity contribution in [3.8, 4) is 0 Å². The van der Waals surface area contributed by atoms with Gasteiger partial charge in [0.2, 0.25) is 5.91 Å². The molecule has 0 aliphatic heterocycles. The number of rotatable bonds is 5. The lowest BCUT2D eigenvalue weighted by molar-refractivity contribution is -0.140. The van der Waals surface area contributed by atoms with Gasteiger partial charge in [-0.25, -0.2) is 0 Å². The third-order valence-electron chi connectivity index (χ3n) is 4.88. The molecule has 0 radical (unpaired) electrons. The van der Waals surface area contributed by atoms with Gasteiger partial charge in [0.25, 0.3) is 0 Å². The first kappa shape index (κ1) is 11.9. The highest BCUT2D eigenvalue weighted by Crippen LogP contribution is 2.44. The van der Waals surface area contributed by atoms with Gasteiger partial charge in [0.1, 0.15) is 0 Å². The highest BCUT2D eigenvalue weighted by molar-refractivity contribution is 5.83. The Balaban J connectivity index is 1.83. The smallest absolute Gasteiger partial charge is 0.228 e. The number of hydrogen-bond donors (Lipinski definition) is 2. The summed E-state index contributed by atoms with van der Waals surface area (Å²) in [7, 11) is 0. The normalized spacial score (nSPS) is 25.4. The SMILES string of the molecule is CCC1(CNC(=O)C2(CO)CCC2)CCC1. The highest BCUT2D eigenvalue weighted by atomic mass is 16.3. The Kier molecular flexibility index (Phi) is 3.24. The number of aliphatic hydroxyl groups is 1. The summed E-state index contributed by atoms with van der Waals surface area (Å²) in [6.45, 7) is 3.03. The van der Waals surface area contributed by atoms with Crippen LogP contribution in [0.2, 0.25) is 0 Å². The Morgan fingerprint density at radius 1 is 1.25 bits per heavy atom. The molecule has 0 aromatic rings. The fraction of sp³-hybridized carbons (Fsp3) is 0.923. The average Bonchev–Trinajstić information content (AvgIpc) is 2.16. The van der Waals surface area contributed by atoms with Crippen molar-refractivity contribution in [3.63, 3.8) is 0 Å². The average molecular weight is 225 g/mol. The van der Waals surface area contributed by atoms with Gasteiger partial charge in [0.15, 0.2) is 0 Å². The molecule has 0 unspecified atom stereocenters. The van der Waals surface area contributed by atoms with Crippen LogP contribution in [0.25, 0.3) is 0 Å². The van der Waals surface area contributed by atoms with Gasteiger partial charge in [-0.15, -0.1) is 0 Å². The van der Waals surface area contributed by atoms with Gasteiger partial charge < -0.3 is 10.4 Å². The topological polar surface area (TPSA) is 49.3 Å². The van der Waals surface area contributed by atoms with Crippen LogP contribution in [-0.2, 0) is 4.79 Å². The molecule has 2 rings (SSSR count). The molecule has 2 saturated carbocycles. The van der Waals surface area contributed by atoms with E-state index in [0.29, 0.717) is 5.41 Å². The number of carbonyl (C=O) groups is 1. The van der Waals surface area contributed by atoms with Gasteiger partial charge in [-0.2, -0.15) is 0 Å². The molecule has 0 bridgehead atoms. The van der Waals surface area contributed by atoms with E-state index in [9.17, 15) is 9.90 Å². The van der Waals surface area contributed by atoms with E-state index >= 15 is 0 Å². The molecule has 0 saturated heterocycles. The fourth-order valence-electron chi connectivity index (χ4n) is 2.85. The van der Waals surface area contributed by atoms with E-state index in [0.717, 1.165) is 32.2 Å². The highest BCUT2D eigenvalue weighted by Gasteiger charge is 2.44. The quantitative estimate of drug-likeness (QED) is 0.750. The van der Waals surface area contributed by atoms with E-state index in [4.69, 9.17) is 0 Å². The van der Waals surface area contributed by atoms with Gasteiger partial charge in [-0.1, -0.05) is 19.8 Å². The van der Waals surface area contributed by atoms with E-state index in [1.165, 1.54) is 19.3 Å². The zero-order valence-electron chi connectivity index (χ0n) is 10.2. The molecule has 2 fully saturated rings. The van der Waals surface area contributed by atoms with Gasteiger partial charge >= 0.3 is 0 Å². The summed E-state index contributed by atoms with van der Waals surface area (Å²) in [6, 6.07) is 0. The second-order valence-corrected chi connectivity index (χ2v) is 5.68. The lowest BCUT2D eigenvalue weighted by Gasteiger charge is -2.44. The lowest BCUT2D eigenvalue weighted by Crippen LogP contribution is -2.51. The van der Waals surface area contributed by atoms with Crippen LogP contribution in [0, 0.1) is 10.8 Å². The molecular formula is C13H23NO2. The standard InChI is InChI=1S/C13H23NO2/c1-2-12(5-3-6-12)9-14-11(16)13(10-15)7-4-8-13/h15H,2-10H2,1H3,(H,14,16). The maximum atomic E-state index is 12.0. The van der Waals surface area contributed by atoms with Crippen LogP contribution in [0.15, 0.2) is 0 Å². The molecule has 0 atom stereocenters. The molecule has 1 amide bonds. The predicted molar refractivity (Wildman–Crippen MR) is 63.0 cm³/mol. The largest absolute Gasteiger partial charge is 0.395 e. The molecule has 16 heavy (non-hydrogen) atoms. The summed E-state index contributed by atoms with van der Waals surface area (Å²) >= 11 is 0. The minimum absolute atomic E-state index is 0.0119. The maximum Gasteiger partial charge on any atom is 0.228 e. The third-order valence-corrected chi connectivity index (χ3v) is 4.88. The molecule has 2 aliphatic rings. The summed E-state index contributed by atoms with van der Waals surface area (Å²) in [5.74, 6) is 0.0842. The molecule has 2 aliphatic carbocycles. The van der Waals surface area contributed by atoms with Gasteiger partial charge in [0, 0.05) is 6.54 Å². The van der Waals surface area contributed by atoms with Gasteiger partial charge in [-0.05, 0) is 37.5 Å². The Labute approximate surface area is 97.6 Å². The second kappa shape index (κ2) is 4.36. The van der Waals surface area contributed by atoms with Crippen molar-refractivity contribution in [1.82, 2.24) is 5.32 Å². The molecule has 3 heteroatoms. The van der Waals surface area contributed by atoms with Gasteiger partial charge in [-0.3, -0.25) is 4.79 Å². The Morgan fingerprint density at radius 2 is 1.88 bits per heavy atom. The first-order chi connectivity index (χ1) is 7.66. The van der Waals surface area contributed by atoms with Crippen molar-refractivity contribution in [3.05, 3.63) is 0 Å². The minimum Gasteiger partial charge on any atom is -0.395 e. The summed E-state index contributed by atoms with van der Waals surface area (Å²) in [5, 5.41) is 12.4. The number of aliphatic hydroxyl groups excluding tert-OH is 1. The van der Waals surface area contributed by atoms with E-state index in [2.05, 4.69) is 12.2 Å². The lowest BCUT2D eigenvalue weighted by atomic mass is 9.66. The first-order valence-corrected chi connectivity index (χ1v) is 6.56. The van der Waals surface area contributed by atoms with E-state index in [1.54, 1.807) is 0 Å². The van der Waals surface area contributed by atoms with E-state index in [1.807, 2.05) is 0 Å². The Morgan fingerprint density at radius 3 is 2.19 bits per heavy atom. The van der Waals surface area contributed by atoms with Crippen LogP contribution < -0.4 is 5.32 Å². The molecule has 0 aromatic heterocycles. The second-order valence-electron chi connectivity index (χ2n) is 5.68. The van der Waals surface area contributed by atoms with Crippen LogP contribution in [0.5, 0.6) is 0 Å². The minimum atomic E-state index is -0.432. The molecule has 0 aromatic carbocycles. The fourth-order valence-corrected chi connectivity index (χ4v) is 2.85. The monoisotopic (exact) mass is 225 g/mol. The Bertz CT molecular complexity index is 256. The summed E-state index contributed by atoms with van der Waals surface area (Å²) in [6.07, 6.45) is 7.73. The van der Waals surface area contributed by atoms with Crippen LogP contribution in [0.3, 0.4) is 0 Å². The molecule has 0 spiro atoms. The van der Waals surface area contributed by atoms with E-state index < -0.39 is 5.41 Å². The van der Waals surface area contributed by atoms with Crippen LogP contribution >= 0.6 is 0 Å². The zero-order valence-corrected chi connectivity index (χ0v) is 10.2. The molecule has 0 heterocycles. The van der Waals surface area contributed by atoms with E-state index in [-0.39, 0.29) is 12.5 Å². The van der Waals surface area contributed by atoms with Crippen molar-refractivity contribution < 1.29 is 9.90 Å². The number of hydrogen-bond acceptors (Lipinski definition) is 2. The molecular weight excluding hydrogens is 202 g/mol. The maximum absolute atomic E-state index is 12.0. The van der Waals surface area contributed by atoms with Crippen molar-refractivity contribution in [2.24, 2.45) is 10.8 Å². The third kappa shape index (κ3) is 1.86. The van der Waals surface area contributed by atoms with Crippen molar-refractivity contribution in [2.75, 3.05) is 13.2 Å². The number of amides is 1. The van der Waals surface area contributed by atoms with Crippen molar-refractivity contribution in [1.29, 1.82) is 0 Å². The summed E-state index contributed by atoms with van der Waals surface area (Å²) in [5.41, 5.74) is -0.0608. The molecule has 2 N–H and O–H groups in total. The molecule has 3 nitrogen and oxygen atoms in total. The van der Waals surface area contributed by atoms with Crippen LogP contribution in [0.4, 0.5) is 0 Å².